The van der Waals surface area contributed by atoms with Crippen molar-refractivity contribution in [3.8, 4) is 0 Å². The third-order valence-corrected chi connectivity index (χ3v) is 4.35. The third-order valence-electron chi connectivity index (χ3n) is 2.46. The Morgan fingerprint density at radius 2 is 1.42 bits per heavy atom. The van der Waals surface area contributed by atoms with E-state index in [4.69, 9.17) is 58.0 Å². The summed E-state index contributed by atoms with van der Waals surface area (Å²) >= 11 is 29.8. The molecule has 0 aliphatic carbocycles. The summed E-state index contributed by atoms with van der Waals surface area (Å²) in [6, 6.07) is 7.98. The lowest BCUT2D eigenvalue weighted by Crippen LogP contribution is -2.04. The minimum atomic E-state index is -0.404. The van der Waals surface area contributed by atoms with Crippen molar-refractivity contribution in [1.82, 2.24) is 0 Å². The summed E-state index contributed by atoms with van der Waals surface area (Å²) in [6.07, 6.45) is 0. The van der Waals surface area contributed by atoms with Gasteiger partial charge in [-0.15, -0.1) is 0 Å². The van der Waals surface area contributed by atoms with Crippen LogP contribution in [-0.4, -0.2) is 5.78 Å². The zero-order chi connectivity index (χ0) is 14.2. The van der Waals surface area contributed by atoms with Crippen LogP contribution in [0.4, 0.5) is 0 Å². The van der Waals surface area contributed by atoms with E-state index >= 15 is 0 Å². The molecule has 0 bridgehead atoms. The first-order chi connectivity index (χ1) is 8.93. The second-order valence-corrected chi connectivity index (χ2v) is 5.63. The molecule has 19 heavy (non-hydrogen) atoms. The number of carbonyl (C=O) groups is 1. The summed E-state index contributed by atoms with van der Waals surface area (Å²) in [7, 11) is 0. The number of hydrogen-bond acceptors (Lipinski definition) is 1. The van der Waals surface area contributed by atoms with Gasteiger partial charge in [0.15, 0.2) is 5.78 Å². The second-order valence-electron chi connectivity index (χ2n) is 3.65. The molecule has 2 aromatic rings. The van der Waals surface area contributed by atoms with Crippen molar-refractivity contribution < 1.29 is 4.79 Å². The van der Waals surface area contributed by atoms with Gasteiger partial charge in [-0.05, 0) is 18.2 Å². The van der Waals surface area contributed by atoms with Crippen LogP contribution in [0.25, 0.3) is 0 Å². The fraction of sp³-hybridized carbons (Fsp3) is 0. The minimum absolute atomic E-state index is 0.0177. The first-order valence-corrected chi connectivity index (χ1v) is 6.94. The molecule has 2 rings (SSSR count). The van der Waals surface area contributed by atoms with Crippen LogP contribution in [-0.2, 0) is 0 Å². The molecule has 0 saturated heterocycles. The van der Waals surface area contributed by atoms with Crippen molar-refractivity contribution in [3.05, 3.63) is 66.6 Å². The molecule has 0 fully saturated rings. The van der Waals surface area contributed by atoms with Gasteiger partial charge in [-0.25, -0.2) is 0 Å². The van der Waals surface area contributed by atoms with E-state index in [1.807, 2.05) is 0 Å². The lowest BCUT2D eigenvalue weighted by Gasteiger charge is -2.10. The molecule has 0 aliphatic rings. The molecule has 2 aromatic carbocycles. The molecule has 0 atom stereocenters. The van der Waals surface area contributed by atoms with Crippen LogP contribution < -0.4 is 0 Å². The van der Waals surface area contributed by atoms with E-state index in [1.54, 1.807) is 24.3 Å². The summed E-state index contributed by atoms with van der Waals surface area (Å²) < 4.78 is 0. The standard InChI is InChI=1S/C13H5Cl5O/c14-7-4-2-1-3-6(7)13(19)10-8(15)5-9(16)11(17)12(10)18/h1-5H. The number of ketones is 1. The SMILES string of the molecule is O=C(c1ccccc1Cl)c1c(Cl)cc(Cl)c(Cl)c1Cl. The predicted molar refractivity (Wildman–Crippen MR) is 81.4 cm³/mol. The fourth-order valence-electron chi connectivity index (χ4n) is 1.55. The fourth-order valence-corrected chi connectivity index (χ4v) is 2.86. The average Bonchev–Trinajstić information content (AvgIpc) is 2.36. The van der Waals surface area contributed by atoms with Crippen molar-refractivity contribution in [2.45, 2.75) is 0 Å². The van der Waals surface area contributed by atoms with Crippen LogP contribution in [0, 0.1) is 0 Å². The molecular weight excluding hydrogens is 349 g/mol. The zero-order valence-electron chi connectivity index (χ0n) is 9.18. The molecule has 0 amide bonds. The smallest absolute Gasteiger partial charge is 0.197 e. The highest BCUT2D eigenvalue weighted by atomic mass is 35.5. The largest absolute Gasteiger partial charge is 0.288 e. The van der Waals surface area contributed by atoms with Gasteiger partial charge in [0.25, 0.3) is 0 Å². The number of benzene rings is 2. The molecule has 0 unspecified atom stereocenters. The molecule has 0 saturated carbocycles. The molecule has 1 nitrogen and oxygen atoms in total. The molecular formula is C13H5Cl5O. The molecule has 0 radical (unpaired) electrons. The molecule has 6 heteroatoms. The molecule has 0 heterocycles. The quantitative estimate of drug-likeness (QED) is 0.357. The lowest BCUT2D eigenvalue weighted by atomic mass is 10.0. The Bertz CT molecular complexity index is 666. The maximum Gasteiger partial charge on any atom is 0.197 e. The zero-order valence-corrected chi connectivity index (χ0v) is 13.0. The van der Waals surface area contributed by atoms with Crippen molar-refractivity contribution in [2.24, 2.45) is 0 Å². The van der Waals surface area contributed by atoms with Gasteiger partial charge >= 0.3 is 0 Å². The van der Waals surface area contributed by atoms with Gasteiger partial charge in [-0.2, -0.15) is 0 Å². The van der Waals surface area contributed by atoms with E-state index in [-0.39, 0.29) is 25.7 Å². The Hall–Kier alpha value is -0.440. The summed E-state index contributed by atoms with van der Waals surface area (Å²) in [5, 5.41) is 0.731. The molecule has 0 aliphatic heterocycles. The Balaban J connectivity index is 2.64. The lowest BCUT2D eigenvalue weighted by molar-refractivity contribution is 0.103. The highest BCUT2D eigenvalue weighted by molar-refractivity contribution is 6.51. The van der Waals surface area contributed by atoms with Crippen molar-refractivity contribution in [2.75, 3.05) is 0 Å². The predicted octanol–water partition coefficient (Wildman–Crippen LogP) is 6.18. The molecule has 0 N–H and O–H groups in total. The number of hydrogen-bond donors (Lipinski definition) is 0. The molecule has 0 aromatic heterocycles. The van der Waals surface area contributed by atoms with Crippen LogP contribution in [0.3, 0.4) is 0 Å². The molecule has 98 valence electrons. The maximum absolute atomic E-state index is 12.4. The van der Waals surface area contributed by atoms with Crippen LogP contribution >= 0.6 is 58.0 Å². The summed E-state index contributed by atoms with van der Waals surface area (Å²) in [4.78, 5) is 12.4. The normalized spacial score (nSPS) is 10.6. The van der Waals surface area contributed by atoms with Gasteiger partial charge in [0.05, 0.1) is 30.7 Å². The van der Waals surface area contributed by atoms with Gasteiger partial charge < -0.3 is 0 Å². The third kappa shape index (κ3) is 2.86. The first kappa shape index (κ1) is 15.0. The van der Waals surface area contributed by atoms with Gasteiger partial charge in [0.2, 0.25) is 0 Å². The maximum atomic E-state index is 12.4. The Labute approximate surface area is 135 Å². The van der Waals surface area contributed by atoms with E-state index in [9.17, 15) is 4.79 Å². The summed E-state index contributed by atoms with van der Waals surface area (Å²) in [5.41, 5.74) is 0.386. The van der Waals surface area contributed by atoms with Crippen LogP contribution in [0.15, 0.2) is 30.3 Å². The van der Waals surface area contributed by atoms with Crippen LogP contribution in [0.5, 0.6) is 0 Å². The topological polar surface area (TPSA) is 17.1 Å². The van der Waals surface area contributed by atoms with Crippen LogP contribution in [0.2, 0.25) is 25.1 Å². The number of carbonyl (C=O) groups excluding carboxylic acids is 1. The van der Waals surface area contributed by atoms with Crippen LogP contribution in [0.1, 0.15) is 15.9 Å². The van der Waals surface area contributed by atoms with E-state index in [2.05, 4.69) is 0 Å². The summed E-state index contributed by atoms with van der Waals surface area (Å²) in [5.74, 6) is -0.404. The van der Waals surface area contributed by atoms with E-state index in [0.717, 1.165) is 0 Å². The van der Waals surface area contributed by atoms with Gasteiger partial charge in [0, 0.05) is 5.56 Å². The van der Waals surface area contributed by atoms with Crippen molar-refractivity contribution in [1.29, 1.82) is 0 Å². The highest BCUT2D eigenvalue weighted by Gasteiger charge is 2.22. The second kappa shape index (κ2) is 5.90. The van der Waals surface area contributed by atoms with Gasteiger partial charge in [0.1, 0.15) is 0 Å². The van der Waals surface area contributed by atoms with Crippen molar-refractivity contribution >= 4 is 63.8 Å². The van der Waals surface area contributed by atoms with E-state index < -0.39 is 5.78 Å². The average molecular weight is 354 g/mol. The first-order valence-electron chi connectivity index (χ1n) is 5.05. The Kier molecular flexibility index (Phi) is 4.65. The summed E-state index contributed by atoms with van der Waals surface area (Å²) in [6.45, 7) is 0. The minimum Gasteiger partial charge on any atom is -0.288 e. The highest BCUT2D eigenvalue weighted by Crippen LogP contribution is 2.39. The number of halogens is 5. The molecule has 0 spiro atoms. The van der Waals surface area contributed by atoms with E-state index in [1.165, 1.54) is 6.07 Å². The van der Waals surface area contributed by atoms with E-state index in [0.29, 0.717) is 10.6 Å². The van der Waals surface area contributed by atoms with Gasteiger partial charge in [-0.3, -0.25) is 4.79 Å². The number of rotatable bonds is 2. The van der Waals surface area contributed by atoms with Crippen molar-refractivity contribution in [3.63, 3.8) is 0 Å². The van der Waals surface area contributed by atoms with Gasteiger partial charge in [-0.1, -0.05) is 70.1 Å². The Morgan fingerprint density at radius 1 is 0.789 bits per heavy atom. The Morgan fingerprint density at radius 3 is 2.05 bits per heavy atom. The monoisotopic (exact) mass is 352 g/mol.